The molecule has 3 heteroatoms. The van der Waals surface area contributed by atoms with E-state index in [-0.39, 0.29) is 5.92 Å². The summed E-state index contributed by atoms with van der Waals surface area (Å²) in [5, 5.41) is 10.2. The van der Waals surface area contributed by atoms with Gasteiger partial charge in [0.25, 0.3) is 0 Å². The lowest BCUT2D eigenvalue weighted by atomic mass is 9.94. The van der Waals surface area contributed by atoms with Crippen LogP contribution >= 0.6 is 0 Å². The average Bonchev–Trinajstić information content (AvgIpc) is 2.72. The van der Waals surface area contributed by atoms with Crippen LogP contribution in [0.1, 0.15) is 31.9 Å². The molecule has 0 amide bonds. The predicted molar refractivity (Wildman–Crippen MR) is 82.7 cm³/mol. The molecule has 1 aromatic heterocycles. The van der Waals surface area contributed by atoms with Gasteiger partial charge in [-0.25, -0.2) is 4.79 Å². The highest BCUT2D eigenvalue weighted by Gasteiger charge is 2.15. The zero-order valence-corrected chi connectivity index (χ0v) is 12.5. The number of benzene rings is 1. The third-order valence-electron chi connectivity index (χ3n) is 3.67. The summed E-state index contributed by atoms with van der Waals surface area (Å²) in [6.45, 7) is 6.18. The van der Waals surface area contributed by atoms with Crippen LogP contribution in [0.25, 0.3) is 16.5 Å². The molecule has 1 N–H and O–H groups in total. The minimum Gasteiger partial charge on any atom is -0.478 e. The van der Waals surface area contributed by atoms with Crippen molar-refractivity contribution in [2.75, 3.05) is 0 Å². The molecule has 0 bridgehead atoms. The molecule has 1 aromatic carbocycles. The Morgan fingerprint density at radius 1 is 1.40 bits per heavy atom. The molecule has 0 radical (unpaired) electrons. The predicted octanol–water partition coefficient (Wildman–Crippen LogP) is 3.86. The second-order valence-corrected chi connectivity index (χ2v) is 5.45. The Bertz CT molecular complexity index is 678. The van der Waals surface area contributed by atoms with E-state index in [0.717, 1.165) is 28.5 Å². The van der Waals surface area contributed by atoms with Crippen molar-refractivity contribution in [3.63, 3.8) is 0 Å². The van der Waals surface area contributed by atoms with Gasteiger partial charge in [0, 0.05) is 35.8 Å². The minimum atomic E-state index is -0.891. The van der Waals surface area contributed by atoms with Crippen LogP contribution in [-0.2, 0) is 18.3 Å². The standard InChI is InChI=1S/C17H21NO2/c1-5-12-6-7-16-14(8-12)15(10-18(16)4)13(11(2)3)9-17(19)20/h6-11H,5H2,1-4H3,(H,19,20)/b13-9+. The van der Waals surface area contributed by atoms with Crippen molar-refractivity contribution in [3.05, 3.63) is 41.6 Å². The Balaban J connectivity index is 2.72. The number of rotatable bonds is 4. The maximum atomic E-state index is 11.1. The monoisotopic (exact) mass is 271 g/mol. The fourth-order valence-electron chi connectivity index (χ4n) is 2.58. The number of fused-ring (bicyclic) bond motifs is 1. The number of aliphatic carboxylic acids is 1. The highest BCUT2D eigenvalue weighted by molar-refractivity contribution is 5.99. The molecule has 0 saturated heterocycles. The molecule has 1 heterocycles. The van der Waals surface area contributed by atoms with Crippen LogP contribution in [0.4, 0.5) is 0 Å². The van der Waals surface area contributed by atoms with Gasteiger partial charge in [-0.2, -0.15) is 0 Å². The molecule has 0 saturated carbocycles. The second kappa shape index (κ2) is 5.53. The van der Waals surface area contributed by atoms with Crippen molar-refractivity contribution in [2.45, 2.75) is 27.2 Å². The van der Waals surface area contributed by atoms with E-state index in [1.807, 2.05) is 27.1 Å². The molecule has 0 spiro atoms. The van der Waals surface area contributed by atoms with Crippen LogP contribution in [0.5, 0.6) is 0 Å². The van der Waals surface area contributed by atoms with E-state index in [9.17, 15) is 4.79 Å². The van der Waals surface area contributed by atoms with Gasteiger partial charge >= 0.3 is 5.97 Å². The maximum absolute atomic E-state index is 11.1. The fraction of sp³-hybridized carbons (Fsp3) is 0.353. The van der Waals surface area contributed by atoms with Gasteiger partial charge in [-0.15, -0.1) is 0 Å². The number of aromatic nitrogens is 1. The molecular weight excluding hydrogens is 250 g/mol. The summed E-state index contributed by atoms with van der Waals surface area (Å²) in [5.41, 5.74) is 4.30. The fourth-order valence-corrected chi connectivity index (χ4v) is 2.58. The van der Waals surface area contributed by atoms with Crippen LogP contribution < -0.4 is 0 Å². The average molecular weight is 271 g/mol. The van der Waals surface area contributed by atoms with Gasteiger partial charge in [-0.1, -0.05) is 26.8 Å². The number of hydrogen-bond acceptors (Lipinski definition) is 1. The van der Waals surface area contributed by atoms with Gasteiger partial charge in [0.1, 0.15) is 0 Å². The SMILES string of the molecule is CCc1ccc2c(c1)c(/C(=C/C(=O)O)C(C)C)cn2C. The number of carbonyl (C=O) groups is 1. The van der Waals surface area contributed by atoms with Crippen molar-refractivity contribution < 1.29 is 9.90 Å². The molecule has 20 heavy (non-hydrogen) atoms. The van der Waals surface area contributed by atoms with Gasteiger partial charge in [-0.3, -0.25) is 0 Å². The number of aryl methyl sites for hydroxylation is 2. The summed E-state index contributed by atoms with van der Waals surface area (Å²) < 4.78 is 2.06. The largest absolute Gasteiger partial charge is 0.478 e. The van der Waals surface area contributed by atoms with Crippen LogP contribution in [0.15, 0.2) is 30.5 Å². The molecule has 0 atom stereocenters. The first-order valence-corrected chi connectivity index (χ1v) is 6.96. The third kappa shape index (κ3) is 2.62. The summed E-state index contributed by atoms with van der Waals surface area (Å²) in [7, 11) is 2.00. The number of nitrogens with zero attached hydrogens (tertiary/aromatic N) is 1. The van der Waals surface area contributed by atoms with Crippen LogP contribution in [-0.4, -0.2) is 15.6 Å². The lowest BCUT2D eigenvalue weighted by Gasteiger charge is -2.10. The molecule has 0 unspecified atom stereocenters. The Labute approximate surface area is 119 Å². The van der Waals surface area contributed by atoms with Crippen LogP contribution in [0, 0.1) is 5.92 Å². The molecule has 0 aliphatic rings. The van der Waals surface area contributed by atoms with Crippen LogP contribution in [0.2, 0.25) is 0 Å². The molecule has 106 valence electrons. The zero-order chi connectivity index (χ0) is 14.9. The molecular formula is C17H21NO2. The molecule has 0 fully saturated rings. The summed E-state index contributed by atoms with van der Waals surface area (Å²) in [6, 6.07) is 6.40. The molecule has 0 aliphatic carbocycles. The quantitative estimate of drug-likeness (QED) is 0.858. The van der Waals surface area contributed by atoms with E-state index >= 15 is 0 Å². The van der Waals surface area contributed by atoms with E-state index in [1.165, 1.54) is 11.6 Å². The van der Waals surface area contributed by atoms with Crippen molar-refractivity contribution in [1.29, 1.82) is 0 Å². The summed E-state index contributed by atoms with van der Waals surface area (Å²) in [4.78, 5) is 11.1. The molecule has 2 aromatic rings. The zero-order valence-electron chi connectivity index (χ0n) is 12.5. The van der Waals surface area contributed by atoms with Gasteiger partial charge in [0.05, 0.1) is 0 Å². The molecule has 0 aliphatic heterocycles. The topological polar surface area (TPSA) is 42.2 Å². The van der Waals surface area contributed by atoms with Crippen molar-refractivity contribution in [1.82, 2.24) is 4.57 Å². The first-order chi connectivity index (χ1) is 9.43. The van der Waals surface area contributed by atoms with Gasteiger partial charge in [-0.05, 0) is 35.6 Å². The van der Waals surface area contributed by atoms with Crippen molar-refractivity contribution >= 4 is 22.4 Å². The van der Waals surface area contributed by atoms with E-state index < -0.39 is 5.97 Å². The minimum absolute atomic E-state index is 0.169. The summed E-state index contributed by atoms with van der Waals surface area (Å²) in [5.74, 6) is -0.723. The maximum Gasteiger partial charge on any atom is 0.328 e. The Morgan fingerprint density at radius 3 is 2.65 bits per heavy atom. The van der Waals surface area contributed by atoms with E-state index in [1.54, 1.807) is 0 Å². The Morgan fingerprint density at radius 2 is 2.10 bits per heavy atom. The Hall–Kier alpha value is -2.03. The normalized spacial score (nSPS) is 12.3. The second-order valence-electron chi connectivity index (χ2n) is 5.45. The Kier molecular flexibility index (Phi) is 3.98. The first kappa shape index (κ1) is 14.4. The number of carboxylic acid groups (broad SMARTS) is 1. The lowest BCUT2D eigenvalue weighted by molar-refractivity contribution is -0.131. The summed E-state index contributed by atoms with van der Waals surface area (Å²) >= 11 is 0. The third-order valence-corrected chi connectivity index (χ3v) is 3.67. The summed E-state index contributed by atoms with van der Waals surface area (Å²) in [6.07, 6.45) is 4.33. The van der Waals surface area contributed by atoms with E-state index in [0.29, 0.717) is 0 Å². The molecule has 3 nitrogen and oxygen atoms in total. The number of allylic oxidation sites excluding steroid dienone is 1. The van der Waals surface area contributed by atoms with Crippen LogP contribution in [0.3, 0.4) is 0 Å². The number of hydrogen-bond donors (Lipinski definition) is 1. The first-order valence-electron chi connectivity index (χ1n) is 6.96. The van der Waals surface area contributed by atoms with Gasteiger partial charge in [0.2, 0.25) is 0 Å². The lowest BCUT2D eigenvalue weighted by Crippen LogP contribution is -1.98. The van der Waals surface area contributed by atoms with Gasteiger partial charge < -0.3 is 9.67 Å². The van der Waals surface area contributed by atoms with Crippen molar-refractivity contribution in [3.8, 4) is 0 Å². The highest BCUT2D eigenvalue weighted by Crippen LogP contribution is 2.32. The molecule has 2 rings (SSSR count). The van der Waals surface area contributed by atoms with E-state index in [4.69, 9.17) is 5.11 Å². The van der Waals surface area contributed by atoms with E-state index in [2.05, 4.69) is 29.7 Å². The number of carboxylic acids is 1. The smallest absolute Gasteiger partial charge is 0.328 e. The highest BCUT2D eigenvalue weighted by atomic mass is 16.4. The van der Waals surface area contributed by atoms with Gasteiger partial charge in [0.15, 0.2) is 0 Å². The van der Waals surface area contributed by atoms with Crippen molar-refractivity contribution in [2.24, 2.45) is 13.0 Å².